The van der Waals surface area contributed by atoms with Crippen LogP contribution in [0.4, 0.5) is 0 Å². The van der Waals surface area contributed by atoms with Crippen molar-refractivity contribution in [1.82, 2.24) is 10.7 Å². The maximum absolute atomic E-state index is 11.9. The number of rotatable bonds is 6. The fourth-order valence-electron chi connectivity index (χ4n) is 1.80. The molecule has 2 aromatic carbocycles. The van der Waals surface area contributed by atoms with Crippen LogP contribution in [0.2, 0.25) is 0 Å². The molecule has 124 valence electrons. The highest BCUT2D eigenvalue weighted by atomic mass is 79.9. The van der Waals surface area contributed by atoms with Gasteiger partial charge in [-0.2, -0.15) is 5.10 Å². The van der Waals surface area contributed by atoms with E-state index < -0.39 is 5.91 Å². The van der Waals surface area contributed by atoms with Crippen LogP contribution >= 0.6 is 15.9 Å². The van der Waals surface area contributed by atoms with Crippen LogP contribution in [0.1, 0.15) is 15.9 Å². The minimum Gasteiger partial charge on any atom is -0.497 e. The second-order valence-electron chi connectivity index (χ2n) is 4.76. The van der Waals surface area contributed by atoms with Gasteiger partial charge in [0.15, 0.2) is 0 Å². The van der Waals surface area contributed by atoms with Crippen molar-refractivity contribution in [2.45, 2.75) is 0 Å². The lowest BCUT2D eigenvalue weighted by molar-refractivity contribution is -0.120. The largest absolute Gasteiger partial charge is 0.497 e. The van der Waals surface area contributed by atoms with Gasteiger partial charge in [0.2, 0.25) is 0 Å². The molecule has 6 nitrogen and oxygen atoms in total. The molecule has 0 aliphatic heterocycles. The van der Waals surface area contributed by atoms with Gasteiger partial charge in [-0.25, -0.2) is 5.43 Å². The van der Waals surface area contributed by atoms with Crippen molar-refractivity contribution >= 4 is 34.0 Å². The molecule has 2 amide bonds. The van der Waals surface area contributed by atoms with Crippen LogP contribution < -0.4 is 15.5 Å². The van der Waals surface area contributed by atoms with Crippen LogP contribution in [-0.4, -0.2) is 31.7 Å². The Bertz CT molecular complexity index is 745. The molecule has 0 fully saturated rings. The van der Waals surface area contributed by atoms with E-state index >= 15 is 0 Å². The molecule has 2 N–H and O–H groups in total. The molecule has 0 saturated carbocycles. The SMILES string of the molecule is COc1ccc(C=NNC(=O)CNC(=O)c2cccc(Br)c2)cc1. The summed E-state index contributed by atoms with van der Waals surface area (Å²) in [7, 11) is 1.59. The monoisotopic (exact) mass is 389 g/mol. The standard InChI is InChI=1S/C17H16BrN3O3/c1-24-15-7-5-12(6-8-15)10-20-21-16(22)11-19-17(23)13-3-2-4-14(18)9-13/h2-10H,11H2,1H3,(H,19,23)(H,21,22). The van der Waals surface area contributed by atoms with Crippen LogP contribution in [0, 0.1) is 0 Å². The van der Waals surface area contributed by atoms with Crippen molar-refractivity contribution in [3.05, 3.63) is 64.1 Å². The first-order valence-corrected chi connectivity index (χ1v) is 7.87. The Morgan fingerprint density at radius 1 is 1.21 bits per heavy atom. The molecule has 7 heteroatoms. The van der Waals surface area contributed by atoms with E-state index in [0.29, 0.717) is 5.56 Å². The van der Waals surface area contributed by atoms with E-state index in [-0.39, 0.29) is 12.5 Å². The number of hydrogen-bond donors (Lipinski definition) is 2. The zero-order valence-corrected chi connectivity index (χ0v) is 14.5. The Morgan fingerprint density at radius 2 is 1.96 bits per heavy atom. The molecule has 0 heterocycles. The van der Waals surface area contributed by atoms with E-state index in [1.54, 1.807) is 37.4 Å². The molecule has 2 aromatic rings. The van der Waals surface area contributed by atoms with Gasteiger partial charge in [-0.15, -0.1) is 0 Å². The van der Waals surface area contributed by atoms with Gasteiger partial charge in [-0.3, -0.25) is 9.59 Å². The molecule has 0 saturated heterocycles. The number of ether oxygens (including phenoxy) is 1. The van der Waals surface area contributed by atoms with Crippen molar-refractivity contribution in [2.24, 2.45) is 5.10 Å². The summed E-state index contributed by atoms with van der Waals surface area (Å²) >= 11 is 3.29. The second-order valence-corrected chi connectivity index (χ2v) is 5.68. The summed E-state index contributed by atoms with van der Waals surface area (Å²) < 4.78 is 5.85. The molecule has 0 unspecified atom stereocenters. The first-order valence-electron chi connectivity index (χ1n) is 7.08. The highest BCUT2D eigenvalue weighted by molar-refractivity contribution is 9.10. The van der Waals surface area contributed by atoms with E-state index in [1.807, 2.05) is 18.2 Å². The lowest BCUT2D eigenvalue weighted by Gasteiger charge is -2.04. The number of benzene rings is 2. The summed E-state index contributed by atoms with van der Waals surface area (Å²) in [4.78, 5) is 23.6. The Hall–Kier alpha value is -2.67. The summed E-state index contributed by atoms with van der Waals surface area (Å²) in [6.07, 6.45) is 1.51. The van der Waals surface area contributed by atoms with Crippen molar-refractivity contribution in [1.29, 1.82) is 0 Å². The van der Waals surface area contributed by atoms with Crippen molar-refractivity contribution < 1.29 is 14.3 Å². The average molecular weight is 390 g/mol. The van der Waals surface area contributed by atoms with Gasteiger partial charge in [0.25, 0.3) is 11.8 Å². The zero-order valence-electron chi connectivity index (χ0n) is 13.0. The minimum absolute atomic E-state index is 0.161. The number of carbonyl (C=O) groups is 2. The third-order valence-corrected chi connectivity index (χ3v) is 3.51. The Morgan fingerprint density at radius 3 is 2.62 bits per heavy atom. The third kappa shape index (κ3) is 5.51. The van der Waals surface area contributed by atoms with Crippen LogP contribution in [0.5, 0.6) is 5.75 Å². The van der Waals surface area contributed by atoms with E-state index in [9.17, 15) is 9.59 Å². The predicted molar refractivity (Wildman–Crippen MR) is 95.2 cm³/mol. The van der Waals surface area contributed by atoms with Gasteiger partial charge < -0.3 is 10.1 Å². The first-order chi connectivity index (χ1) is 11.6. The number of carbonyl (C=O) groups excluding carboxylic acids is 2. The fourth-order valence-corrected chi connectivity index (χ4v) is 2.20. The number of amides is 2. The molecule has 0 spiro atoms. The highest BCUT2D eigenvalue weighted by Crippen LogP contribution is 2.11. The zero-order chi connectivity index (χ0) is 17.4. The molecule has 0 aliphatic rings. The summed E-state index contributed by atoms with van der Waals surface area (Å²) in [6, 6.07) is 14.1. The molecule has 0 bridgehead atoms. The van der Waals surface area contributed by atoms with Crippen LogP contribution in [0.15, 0.2) is 58.1 Å². The van der Waals surface area contributed by atoms with Crippen molar-refractivity contribution in [3.8, 4) is 5.75 Å². The first kappa shape index (κ1) is 17.7. The van der Waals surface area contributed by atoms with E-state index in [0.717, 1.165) is 15.8 Å². The Labute approximate surface area is 148 Å². The minimum atomic E-state index is -0.414. The number of nitrogens with one attached hydrogen (secondary N) is 2. The number of halogens is 1. The van der Waals surface area contributed by atoms with Crippen LogP contribution in [0.3, 0.4) is 0 Å². The Kier molecular flexibility index (Phi) is 6.51. The number of nitrogens with zero attached hydrogens (tertiary/aromatic N) is 1. The fraction of sp³-hybridized carbons (Fsp3) is 0.118. The van der Waals surface area contributed by atoms with Crippen LogP contribution in [-0.2, 0) is 4.79 Å². The lowest BCUT2D eigenvalue weighted by Crippen LogP contribution is -2.34. The molecule has 24 heavy (non-hydrogen) atoms. The summed E-state index contributed by atoms with van der Waals surface area (Å²) in [5, 5.41) is 6.37. The molecular formula is C17H16BrN3O3. The molecular weight excluding hydrogens is 374 g/mol. The molecule has 0 radical (unpaired) electrons. The number of hydrazone groups is 1. The smallest absolute Gasteiger partial charge is 0.259 e. The molecule has 2 rings (SSSR count). The number of methoxy groups -OCH3 is 1. The number of hydrogen-bond acceptors (Lipinski definition) is 4. The van der Waals surface area contributed by atoms with Gasteiger partial charge in [0.05, 0.1) is 19.9 Å². The van der Waals surface area contributed by atoms with Gasteiger partial charge in [0.1, 0.15) is 5.75 Å². The van der Waals surface area contributed by atoms with Gasteiger partial charge in [-0.1, -0.05) is 22.0 Å². The normalized spacial score (nSPS) is 10.4. The highest BCUT2D eigenvalue weighted by Gasteiger charge is 2.07. The molecule has 0 aromatic heterocycles. The molecule has 0 aliphatic carbocycles. The maximum atomic E-state index is 11.9. The van der Waals surface area contributed by atoms with Gasteiger partial charge in [-0.05, 0) is 48.0 Å². The van der Waals surface area contributed by atoms with E-state index in [4.69, 9.17) is 4.74 Å². The summed E-state index contributed by atoms with van der Waals surface area (Å²) in [5.41, 5.74) is 3.64. The maximum Gasteiger partial charge on any atom is 0.259 e. The van der Waals surface area contributed by atoms with Gasteiger partial charge >= 0.3 is 0 Å². The summed E-state index contributed by atoms with van der Waals surface area (Å²) in [6.45, 7) is -0.161. The third-order valence-electron chi connectivity index (χ3n) is 3.01. The van der Waals surface area contributed by atoms with Crippen molar-refractivity contribution in [2.75, 3.05) is 13.7 Å². The van der Waals surface area contributed by atoms with E-state index in [1.165, 1.54) is 6.21 Å². The van der Waals surface area contributed by atoms with Gasteiger partial charge in [0, 0.05) is 10.0 Å². The van der Waals surface area contributed by atoms with Crippen LogP contribution in [0.25, 0.3) is 0 Å². The lowest BCUT2D eigenvalue weighted by atomic mass is 10.2. The predicted octanol–water partition coefficient (Wildman–Crippen LogP) is 2.34. The quantitative estimate of drug-likeness (QED) is 0.587. The summed E-state index contributed by atoms with van der Waals surface area (Å²) in [5.74, 6) is 0.000129. The Balaban J connectivity index is 1.78. The second kappa shape index (κ2) is 8.83. The average Bonchev–Trinajstić information content (AvgIpc) is 2.60. The molecule has 0 atom stereocenters. The van der Waals surface area contributed by atoms with E-state index in [2.05, 4.69) is 31.8 Å². The van der Waals surface area contributed by atoms with Crippen molar-refractivity contribution in [3.63, 3.8) is 0 Å². The topological polar surface area (TPSA) is 79.8 Å².